The Bertz CT molecular complexity index is 558. The van der Waals surface area contributed by atoms with Crippen LogP contribution in [0.15, 0.2) is 18.2 Å². The molecule has 0 saturated heterocycles. The summed E-state index contributed by atoms with van der Waals surface area (Å²) in [5, 5.41) is 22.2. The maximum Gasteiger partial charge on any atom is 0.326 e. The van der Waals surface area contributed by atoms with Gasteiger partial charge in [-0.25, -0.2) is 4.79 Å². The van der Waals surface area contributed by atoms with Crippen LogP contribution < -0.4 is 5.32 Å². The Balaban J connectivity index is 2.99. The van der Waals surface area contributed by atoms with Crippen molar-refractivity contribution in [1.82, 2.24) is 5.32 Å². The van der Waals surface area contributed by atoms with Crippen LogP contribution in [-0.4, -0.2) is 41.7 Å². The summed E-state index contributed by atoms with van der Waals surface area (Å²) in [6.07, 6.45) is 0.0667. The third kappa shape index (κ3) is 4.53. The number of rotatable bonds is 7. The lowest BCUT2D eigenvalue weighted by Crippen LogP contribution is -2.41. The summed E-state index contributed by atoms with van der Waals surface area (Å²) in [5.41, 5.74) is 0.132. The number of benzene rings is 1. The third-order valence-corrected chi connectivity index (χ3v) is 2.81. The van der Waals surface area contributed by atoms with Crippen molar-refractivity contribution in [3.8, 4) is 0 Å². The highest BCUT2D eigenvalue weighted by Crippen LogP contribution is 2.20. The Hall–Kier alpha value is -2.48. The summed E-state index contributed by atoms with van der Waals surface area (Å²) in [6, 6.07) is 2.91. The van der Waals surface area contributed by atoms with Crippen LogP contribution in [-0.2, 0) is 9.53 Å². The molecule has 0 bridgehead atoms. The standard InChI is InChI=1S/C13H16N2O6/c1-8-3-4-11(15(19)20)9(7-8)12(16)14-10(13(17)18)5-6-21-2/h3-4,7,10H,5-6H2,1-2H3,(H,14,16)(H,17,18). The van der Waals surface area contributed by atoms with Gasteiger partial charge < -0.3 is 15.2 Å². The van der Waals surface area contributed by atoms with Gasteiger partial charge in [-0.15, -0.1) is 0 Å². The van der Waals surface area contributed by atoms with Crippen LogP contribution in [0, 0.1) is 17.0 Å². The van der Waals surface area contributed by atoms with Gasteiger partial charge in [0.25, 0.3) is 11.6 Å². The molecule has 1 aromatic rings. The quantitative estimate of drug-likeness (QED) is 0.575. The number of hydrogen-bond acceptors (Lipinski definition) is 5. The van der Waals surface area contributed by atoms with Gasteiger partial charge in [0.15, 0.2) is 0 Å². The summed E-state index contributed by atoms with van der Waals surface area (Å²) in [6.45, 7) is 1.83. The predicted molar refractivity (Wildman–Crippen MR) is 73.2 cm³/mol. The van der Waals surface area contributed by atoms with Crippen molar-refractivity contribution in [3.63, 3.8) is 0 Å². The fourth-order valence-electron chi connectivity index (χ4n) is 1.72. The Kier molecular flexibility index (Phi) is 5.79. The van der Waals surface area contributed by atoms with Gasteiger partial charge in [-0.2, -0.15) is 0 Å². The van der Waals surface area contributed by atoms with E-state index >= 15 is 0 Å². The van der Waals surface area contributed by atoms with Gasteiger partial charge in [-0.3, -0.25) is 14.9 Å². The number of carbonyl (C=O) groups excluding carboxylic acids is 1. The molecular weight excluding hydrogens is 280 g/mol. The molecule has 0 aliphatic rings. The number of nitrogens with one attached hydrogen (secondary N) is 1. The molecule has 0 saturated carbocycles. The van der Waals surface area contributed by atoms with Crippen molar-refractivity contribution in [2.45, 2.75) is 19.4 Å². The number of ether oxygens (including phenoxy) is 1. The molecule has 0 fully saturated rings. The highest BCUT2D eigenvalue weighted by Gasteiger charge is 2.25. The van der Waals surface area contributed by atoms with Gasteiger partial charge >= 0.3 is 5.97 Å². The number of carbonyl (C=O) groups is 2. The zero-order valence-corrected chi connectivity index (χ0v) is 11.7. The van der Waals surface area contributed by atoms with E-state index in [4.69, 9.17) is 9.84 Å². The van der Waals surface area contributed by atoms with E-state index in [0.717, 1.165) is 0 Å². The van der Waals surface area contributed by atoms with Crippen LogP contribution in [0.4, 0.5) is 5.69 Å². The van der Waals surface area contributed by atoms with Crippen LogP contribution in [0.25, 0.3) is 0 Å². The number of carboxylic acids is 1. The first-order valence-electron chi connectivity index (χ1n) is 6.14. The van der Waals surface area contributed by atoms with E-state index in [1.165, 1.54) is 25.3 Å². The average molecular weight is 296 g/mol. The monoisotopic (exact) mass is 296 g/mol. The lowest BCUT2D eigenvalue weighted by atomic mass is 10.1. The summed E-state index contributed by atoms with van der Waals surface area (Å²) < 4.78 is 4.77. The number of carboxylic acid groups (broad SMARTS) is 1. The molecule has 1 atom stereocenters. The lowest BCUT2D eigenvalue weighted by molar-refractivity contribution is -0.385. The molecule has 1 rings (SSSR count). The zero-order chi connectivity index (χ0) is 16.0. The van der Waals surface area contributed by atoms with Crippen LogP contribution in [0.2, 0.25) is 0 Å². The largest absolute Gasteiger partial charge is 0.480 e. The number of aliphatic carboxylic acids is 1. The molecule has 2 N–H and O–H groups in total. The summed E-state index contributed by atoms with van der Waals surface area (Å²) in [5.74, 6) is -2.02. The van der Waals surface area contributed by atoms with Crippen LogP contribution >= 0.6 is 0 Å². The number of aryl methyl sites for hydroxylation is 1. The second-order valence-corrected chi connectivity index (χ2v) is 4.42. The van der Waals surface area contributed by atoms with Crippen LogP contribution in [0.1, 0.15) is 22.3 Å². The maximum atomic E-state index is 12.1. The van der Waals surface area contributed by atoms with Gasteiger partial charge in [0, 0.05) is 26.2 Å². The van der Waals surface area contributed by atoms with Gasteiger partial charge in [0.1, 0.15) is 11.6 Å². The molecule has 21 heavy (non-hydrogen) atoms. The van der Waals surface area contributed by atoms with Crippen molar-refractivity contribution < 1.29 is 24.4 Å². The summed E-state index contributed by atoms with van der Waals surface area (Å²) in [4.78, 5) is 33.4. The molecule has 114 valence electrons. The molecule has 0 aromatic heterocycles. The molecule has 0 aliphatic heterocycles. The topological polar surface area (TPSA) is 119 Å². The van der Waals surface area contributed by atoms with Gasteiger partial charge in [-0.1, -0.05) is 6.07 Å². The molecule has 1 amide bonds. The smallest absolute Gasteiger partial charge is 0.326 e. The molecular formula is C13H16N2O6. The maximum absolute atomic E-state index is 12.1. The van der Waals surface area contributed by atoms with E-state index < -0.39 is 22.8 Å². The Morgan fingerprint density at radius 1 is 1.48 bits per heavy atom. The lowest BCUT2D eigenvalue weighted by Gasteiger charge is -2.14. The minimum atomic E-state index is -1.23. The van der Waals surface area contributed by atoms with Crippen molar-refractivity contribution in [3.05, 3.63) is 39.4 Å². The van der Waals surface area contributed by atoms with E-state index in [1.54, 1.807) is 6.92 Å². The molecule has 8 nitrogen and oxygen atoms in total. The SMILES string of the molecule is COCCC(NC(=O)c1cc(C)ccc1[N+](=O)[O-])C(=O)O. The Morgan fingerprint density at radius 3 is 2.67 bits per heavy atom. The van der Waals surface area contributed by atoms with E-state index in [9.17, 15) is 19.7 Å². The number of methoxy groups -OCH3 is 1. The molecule has 0 aliphatic carbocycles. The second kappa shape index (κ2) is 7.34. The first-order valence-corrected chi connectivity index (χ1v) is 6.14. The first kappa shape index (κ1) is 16.6. The minimum Gasteiger partial charge on any atom is -0.480 e. The number of nitro groups is 1. The van der Waals surface area contributed by atoms with Crippen molar-refractivity contribution in [1.29, 1.82) is 0 Å². The molecule has 8 heteroatoms. The van der Waals surface area contributed by atoms with Crippen molar-refractivity contribution in [2.24, 2.45) is 0 Å². The van der Waals surface area contributed by atoms with E-state index in [-0.39, 0.29) is 24.3 Å². The fraction of sp³-hybridized carbons (Fsp3) is 0.385. The third-order valence-electron chi connectivity index (χ3n) is 2.81. The molecule has 1 aromatic carbocycles. The first-order chi connectivity index (χ1) is 9.86. The molecule has 0 heterocycles. The highest BCUT2D eigenvalue weighted by atomic mass is 16.6. The molecule has 0 radical (unpaired) electrons. The van der Waals surface area contributed by atoms with E-state index in [1.807, 2.05) is 0 Å². The Morgan fingerprint density at radius 2 is 2.14 bits per heavy atom. The summed E-state index contributed by atoms with van der Waals surface area (Å²) in [7, 11) is 1.41. The van der Waals surface area contributed by atoms with Crippen molar-refractivity contribution in [2.75, 3.05) is 13.7 Å². The normalized spacial score (nSPS) is 11.7. The number of hydrogen-bond donors (Lipinski definition) is 2. The predicted octanol–water partition coefficient (Wildman–Crippen LogP) is 1.12. The minimum absolute atomic E-state index is 0.0667. The van der Waals surface area contributed by atoms with Crippen LogP contribution in [0.5, 0.6) is 0 Å². The van der Waals surface area contributed by atoms with Gasteiger partial charge in [0.2, 0.25) is 0 Å². The van der Waals surface area contributed by atoms with Crippen LogP contribution in [0.3, 0.4) is 0 Å². The second-order valence-electron chi connectivity index (χ2n) is 4.42. The number of nitro benzene ring substituents is 1. The van der Waals surface area contributed by atoms with Gasteiger partial charge in [0.05, 0.1) is 4.92 Å². The molecule has 1 unspecified atom stereocenters. The van der Waals surface area contributed by atoms with Crippen molar-refractivity contribution >= 4 is 17.6 Å². The highest BCUT2D eigenvalue weighted by molar-refractivity contribution is 6.00. The average Bonchev–Trinajstić information content (AvgIpc) is 2.42. The summed E-state index contributed by atoms with van der Waals surface area (Å²) >= 11 is 0. The van der Waals surface area contributed by atoms with Gasteiger partial charge in [-0.05, 0) is 18.6 Å². The number of nitrogens with zero attached hydrogens (tertiary/aromatic N) is 1. The Labute approximate surface area is 120 Å². The molecule has 0 spiro atoms. The zero-order valence-electron chi connectivity index (χ0n) is 11.7. The fourth-order valence-corrected chi connectivity index (χ4v) is 1.72. The van der Waals surface area contributed by atoms with E-state index in [0.29, 0.717) is 5.56 Å². The number of amides is 1. The van der Waals surface area contributed by atoms with E-state index in [2.05, 4.69) is 5.32 Å².